The fourth-order valence-corrected chi connectivity index (χ4v) is 12.4. The van der Waals surface area contributed by atoms with Gasteiger partial charge in [-0.3, -0.25) is 0 Å². The third-order valence-corrected chi connectivity index (χ3v) is 15.8. The maximum absolute atomic E-state index is 6.53. The van der Waals surface area contributed by atoms with E-state index in [-0.39, 0.29) is 5.41 Å². The van der Waals surface area contributed by atoms with Gasteiger partial charge in [0.15, 0.2) is 0 Å². The lowest BCUT2D eigenvalue weighted by atomic mass is 9.67. The minimum Gasteiger partial charge on any atom is -0.455 e. The summed E-state index contributed by atoms with van der Waals surface area (Å²) in [4.78, 5) is 2.45. The third kappa shape index (κ3) is 6.28. The molecule has 340 valence electrons. The van der Waals surface area contributed by atoms with E-state index in [0.29, 0.717) is 0 Å². The summed E-state index contributed by atoms with van der Waals surface area (Å²) in [6, 6.07) is 96.0. The van der Waals surface area contributed by atoms with Crippen molar-refractivity contribution in [2.75, 3.05) is 4.90 Å². The van der Waals surface area contributed by atoms with Crippen LogP contribution in [0.4, 0.5) is 17.1 Å². The minimum atomic E-state index is -0.562. The van der Waals surface area contributed by atoms with Crippen LogP contribution >= 0.6 is 0 Å². The second-order valence-electron chi connectivity index (χ2n) is 19.9. The maximum atomic E-state index is 6.53. The van der Waals surface area contributed by atoms with Crippen LogP contribution in [0.2, 0.25) is 0 Å². The standard InChI is InChI=1S/C70H49NO/c1-69(2)61-26-12-10-23-60(61)67-63(69)28-16-29-65(67)71(53-40-33-47(34-41-53)46-17-5-3-6-18-46)54-42-35-48(36-43-54)50-37-44-57-56-21-9-13-27-62(56)70(64(57)45-50,51-19-7-4-8-20-51)52-38-31-49(32-39-52)55-24-15-25-59-58-22-11-14-30-66(58)72-68(55)59/h3-45H,1-2H3. The lowest BCUT2D eigenvalue weighted by Gasteiger charge is -2.34. The molecule has 1 heterocycles. The second kappa shape index (κ2) is 16.3. The molecule has 0 aliphatic heterocycles. The minimum absolute atomic E-state index is 0.122. The summed E-state index contributed by atoms with van der Waals surface area (Å²) in [5.74, 6) is 0. The number of furan rings is 1. The molecule has 11 aromatic carbocycles. The van der Waals surface area contributed by atoms with E-state index in [1.807, 2.05) is 6.07 Å². The van der Waals surface area contributed by atoms with Crippen LogP contribution in [0.5, 0.6) is 0 Å². The molecule has 1 unspecified atom stereocenters. The van der Waals surface area contributed by atoms with Crippen molar-refractivity contribution < 1.29 is 4.42 Å². The Kier molecular flexibility index (Phi) is 9.50. The molecular weight excluding hydrogens is 871 g/mol. The highest BCUT2D eigenvalue weighted by Gasteiger charge is 2.46. The van der Waals surface area contributed by atoms with Gasteiger partial charge in [0, 0.05) is 38.7 Å². The SMILES string of the molecule is CC1(C)c2ccccc2-c2c(N(c3ccc(-c4ccccc4)cc3)c3ccc(-c4ccc5c(c4)C(c4ccccc4)(c4ccc(-c6cccc7c6oc6ccccc67)cc4)c4ccccc4-5)cc3)cccc21. The molecule has 0 amide bonds. The average Bonchev–Trinajstić information content (AvgIpc) is 4.06. The van der Waals surface area contributed by atoms with Crippen LogP contribution in [-0.4, -0.2) is 0 Å². The van der Waals surface area contributed by atoms with E-state index < -0.39 is 5.41 Å². The topological polar surface area (TPSA) is 16.4 Å². The van der Waals surface area contributed by atoms with Gasteiger partial charge >= 0.3 is 0 Å². The van der Waals surface area contributed by atoms with Gasteiger partial charge in [-0.2, -0.15) is 0 Å². The molecule has 0 spiro atoms. The number of fused-ring (bicyclic) bond motifs is 9. The molecule has 2 nitrogen and oxygen atoms in total. The molecule has 12 aromatic rings. The zero-order valence-corrected chi connectivity index (χ0v) is 40.2. The highest BCUT2D eigenvalue weighted by Crippen LogP contribution is 2.58. The van der Waals surface area contributed by atoms with Crippen molar-refractivity contribution in [2.24, 2.45) is 0 Å². The van der Waals surface area contributed by atoms with Crippen LogP contribution in [0.3, 0.4) is 0 Å². The van der Waals surface area contributed by atoms with Gasteiger partial charge in [0.05, 0.1) is 11.1 Å². The first-order chi connectivity index (χ1) is 35.5. The summed E-state index contributed by atoms with van der Waals surface area (Å²) in [7, 11) is 0. The van der Waals surface area contributed by atoms with E-state index in [1.165, 1.54) is 78.0 Å². The largest absolute Gasteiger partial charge is 0.455 e. The van der Waals surface area contributed by atoms with E-state index in [9.17, 15) is 0 Å². The first-order valence-corrected chi connectivity index (χ1v) is 25.1. The van der Waals surface area contributed by atoms with Crippen molar-refractivity contribution in [2.45, 2.75) is 24.7 Å². The zero-order valence-electron chi connectivity index (χ0n) is 40.2. The first-order valence-electron chi connectivity index (χ1n) is 25.1. The van der Waals surface area contributed by atoms with Crippen molar-refractivity contribution in [3.63, 3.8) is 0 Å². The molecule has 0 N–H and O–H groups in total. The van der Waals surface area contributed by atoms with Crippen molar-refractivity contribution in [1.82, 2.24) is 0 Å². The quantitative estimate of drug-likeness (QED) is 0.151. The summed E-state index contributed by atoms with van der Waals surface area (Å²) < 4.78 is 6.53. The molecule has 1 aromatic heterocycles. The number of anilines is 3. The summed E-state index contributed by atoms with van der Waals surface area (Å²) in [5.41, 5.74) is 24.4. The van der Waals surface area contributed by atoms with Crippen molar-refractivity contribution >= 4 is 39.0 Å². The average molecular weight is 920 g/mol. The molecule has 2 aliphatic rings. The molecule has 0 radical (unpaired) electrons. The lowest BCUT2D eigenvalue weighted by molar-refractivity contribution is 0.660. The number of para-hydroxylation sites is 2. The first kappa shape index (κ1) is 41.9. The summed E-state index contributed by atoms with van der Waals surface area (Å²) in [6.07, 6.45) is 0. The molecule has 0 bridgehead atoms. The Morgan fingerprint density at radius 3 is 1.60 bits per heavy atom. The van der Waals surface area contributed by atoms with Gasteiger partial charge in [0.1, 0.15) is 11.2 Å². The summed E-state index contributed by atoms with van der Waals surface area (Å²) in [5, 5.41) is 2.27. The number of benzene rings is 11. The Bertz CT molecular complexity index is 4030. The Balaban J connectivity index is 0.898. The maximum Gasteiger partial charge on any atom is 0.143 e. The second-order valence-corrected chi connectivity index (χ2v) is 19.9. The van der Waals surface area contributed by atoms with Crippen LogP contribution in [0.15, 0.2) is 265 Å². The highest BCUT2D eigenvalue weighted by atomic mass is 16.3. The van der Waals surface area contributed by atoms with Crippen molar-refractivity contribution in [3.05, 3.63) is 294 Å². The number of hydrogen-bond donors (Lipinski definition) is 0. The van der Waals surface area contributed by atoms with E-state index in [1.54, 1.807) is 0 Å². The summed E-state index contributed by atoms with van der Waals surface area (Å²) in [6.45, 7) is 4.71. The molecule has 14 rings (SSSR count). The zero-order chi connectivity index (χ0) is 48.0. The van der Waals surface area contributed by atoms with E-state index >= 15 is 0 Å². The number of nitrogens with zero attached hydrogens (tertiary/aromatic N) is 1. The normalized spacial score (nSPS) is 15.0. The smallest absolute Gasteiger partial charge is 0.143 e. The molecule has 72 heavy (non-hydrogen) atoms. The Hall–Kier alpha value is -8.98. The van der Waals surface area contributed by atoms with Gasteiger partial charge in [-0.25, -0.2) is 0 Å². The Morgan fingerprint density at radius 2 is 0.847 bits per heavy atom. The number of hydrogen-bond acceptors (Lipinski definition) is 2. The van der Waals surface area contributed by atoms with Gasteiger partial charge in [0.25, 0.3) is 0 Å². The predicted octanol–water partition coefficient (Wildman–Crippen LogP) is 18.7. The van der Waals surface area contributed by atoms with Crippen LogP contribution in [0.25, 0.3) is 77.6 Å². The monoisotopic (exact) mass is 919 g/mol. The third-order valence-electron chi connectivity index (χ3n) is 15.8. The van der Waals surface area contributed by atoms with Crippen molar-refractivity contribution in [3.8, 4) is 55.6 Å². The molecule has 2 aliphatic carbocycles. The van der Waals surface area contributed by atoms with E-state index in [4.69, 9.17) is 4.42 Å². The molecule has 0 fully saturated rings. The van der Waals surface area contributed by atoms with Crippen LogP contribution in [-0.2, 0) is 10.8 Å². The molecular formula is C70H49NO. The van der Waals surface area contributed by atoms with Gasteiger partial charge in [-0.05, 0) is 120 Å². The predicted molar refractivity (Wildman–Crippen MR) is 300 cm³/mol. The van der Waals surface area contributed by atoms with Crippen LogP contribution < -0.4 is 4.90 Å². The molecule has 1 atom stereocenters. The Morgan fingerprint density at radius 1 is 0.333 bits per heavy atom. The fraction of sp³-hybridized carbons (Fsp3) is 0.0571. The lowest BCUT2D eigenvalue weighted by Crippen LogP contribution is -2.28. The van der Waals surface area contributed by atoms with Crippen LogP contribution in [0, 0.1) is 0 Å². The van der Waals surface area contributed by atoms with Crippen molar-refractivity contribution in [1.29, 1.82) is 0 Å². The van der Waals surface area contributed by atoms with Gasteiger partial charge < -0.3 is 9.32 Å². The molecule has 2 heteroatoms. The number of rotatable bonds is 8. The fourth-order valence-electron chi connectivity index (χ4n) is 12.4. The highest BCUT2D eigenvalue weighted by molar-refractivity contribution is 6.09. The Labute approximate surface area is 420 Å². The summed E-state index contributed by atoms with van der Waals surface area (Å²) >= 11 is 0. The van der Waals surface area contributed by atoms with Gasteiger partial charge in [-0.1, -0.05) is 232 Å². The molecule has 0 saturated heterocycles. The van der Waals surface area contributed by atoms with Crippen LogP contribution in [0.1, 0.15) is 47.2 Å². The van der Waals surface area contributed by atoms with Gasteiger partial charge in [0.2, 0.25) is 0 Å². The van der Waals surface area contributed by atoms with E-state index in [0.717, 1.165) is 50.0 Å². The molecule has 0 saturated carbocycles. The van der Waals surface area contributed by atoms with E-state index in [2.05, 4.69) is 274 Å². The van der Waals surface area contributed by atoms with Gasteiger partial charge in [-0.15, -0.1) is 0 Å².